The van der Waals surface area contributed by atoms with Crippen molar-refractivity contribution in [3.63, 3.8) is 0 Å². The zero-order chi connectivity index (χ0) is 20.0. The normalized spacial score (nSPS) is 14.6. The Morgan fingerprint density at radius 2 is 1.52 bits per heavy atom. The lowest BCUT2D eigenvalue weighted by Gasteiger charge is -2.34. The zero-order valence-electron chi connectivity index (χ0n) is 16.9. The summed E-state index contributed by atoms with van der Waals surface area (Å²) in [5.74, 6) is 1.45. The maximum atomic E-state index is 12.9. The van der Waals surface area contributed by atoms with E-state index in [0.717, 1.165) is 13.1 Å². The fourth-order valence-electron chi connectivity index (χ4n) is 3.51. The molecule has 2 rings (SSSR count). The summed E-state index contributed by atoms with van der Waals surface area (Å²) in [5.41, 5.74) is 0.484. The molecule has 7 nitrogen and oxygen atoms in total. The Kier molecular flexibility index (Phi) is 7.33. The van der Waals surface area contributed by atoms with Gasteiger partial charge in [0.1, 0.15) is 0 Å². The Bertz CT molecular complexity index is 639. The minimum absolute atomic E-state index is 0.00566. The van der Waals surface area contributed by atoms with Gasteiger partial charge < -0.3 is 24.0 Å². The molecule has 0 bridgehead atoms. The monoisotopic (exact) mass is 378 g/mol. The number of hydrogen-bond donors (Lipinski definition) is 0. The summed E-state index contributed by atoms with van der Waals surface area (Å²) >= 11 is 0. The Labute approximate surface area is 161 Å². The number of benzene rings is 1. The van der Waals surface area contributed by atoms with E-state index in [9.17, 15) is 9.59 Å². The Morgan fingerprint density at radius 3 is 1.93 bits per heavy atom. The standard InChI is InChI=1S/C20H30N2O5/c1-6-21(7-2)19(23)14-8-10-22(11-9-14)20(24)15-12-16(25-3)18(27-5)17(13-15)26-4/h12-14H,6-11H2,1-5H3. The summed E-state index contributed by atoms with van der Waals surface area (Å²) in [6, 6.07) is 3.33. The number of ether oxygens (including phenoxy) is 3. The van der Waals surface area contributed by atoms with E-state index in [2.05, 4.69) is 0 Å². The first-order valence-electron chi connectivity index (χ1n) is 9.38. The molecule has 7 heteroatoms. The lowest BCUT2D eigenvalue weighted by atomic mass is 9.94. The predicted octanol–water partition coefficient (Wildman–Crippen LogP) is 2.43. The Balaban J connectivity index is 2.11. The molecular weight excluding hydrogens is 348 g/mol. The minimum atomic E-state index is -0.0945. The van der Waals surface area contributed by atoms with Gasteiger partial charge in [0, 0.05) is 37.7 Å². The van der Waals surface area contributed by atoms with Crippen LogP contribution in [0.1, 0.15) is 37.0 Å². The topological polar surface area (TPSA) is 68.3 Å². The maximum Gasteiger partial charge on any atom is 0.254 e. The van der Waals surface area contributed by atoms with Crippen LogP contribution in [0.15, 0.2) is 12.1 Å². The molecule has 1 aliphatic rings. The molecular formula is C20H30N2O5. The van der Waals surface area contributed by atoms with Gasteiger partial charge in [0.15, 0.2) is 11.5 Å². The van der Waals surface area contributed by atoms with Crippen LogP contribution in [0.25, 0.3) is 0 Å². The summed E-state index contributed by atoms with van der Waals surface area (Å²) in [4.78, 5) is 29.1. The number of carbonyl (C=O) groups is 2. The Morgan fingerprint density at radius 1 is 1.00 bits per heavy atom. The molecule has 0 atom stereocenters. The van der Waals surface area contributed by atoms with Gasteiger partial charge in [0.05, 0.1) is 21.3 Å². The molecule has 0 spiro atoms. The molecule has 1 aromatic rings. The van der Waals surface area contributed by atoms with Crippen LogP contribution in [0.4, 0.5) is 0 Å². The van der Waals surface area contributed by atoms with Crippen molar-refractivity contribution in [2.75, 3.05) is 47.5 Å². The number of rotatable bonds is 7. The van der Waals surface area contributed by atoms with Crippen molar-refractivity contribution in [2.45, 2.75) is 26.7 Å². The summed E-state index contributed by atoms with van der Waals surface area (Å²) < 4.78 is 16.0. The van der Waals surface area contributed by atoms with Crippen LogP contribution in [0.2, 0.25) is 0 Å². The highest BCUT2D eigenvalue weighted by molar-refractivity contribution is 5.96. The second-order valence-electron chi connectivity index (χ2n) is 6.49. The summed E-state index contributed by atoms with van der Waals surface area (Å²) in [6.07, 6.45) is 1.37. The molecule has 1 aromatic carbocycles. The number of nitrogens with zero attached hydrogens (tertiary/aromatic N) is 2. The molecule has 1 heterocycles. The fraction of sp³-hybridized carbons (Fsp3) is 0.600. The van der Waals surface area contributed by atoms with Crippen LogP contribution >= 0.6 is 0 Å². The van der Waals surface area contributed by atoms with E-state index >= 15 is 0 Å². The molecule has 0 aromatic heterocycles. The molecule has 27 heavy (non-hydrogen) atoms. The minimum Gasteiger partial charge on any atom is -0.493 e. The second kappa shape index (κ2) is 9.48. The number of likely N-dealkylation sites (tertiary alicyclic amines) is 1. The number of amides is 2. The van der Waals surface area contributed by atoms with Gasteiger partial charge >= 0.3 is 0 Å². The average molecular weight is 378 g/mol. The smallest absolute Gasteiger partial charge is 0.254 e. The van der Waals surface area contributed by atoms with E-state index in [-0.39, 0.29) is 17.7 Å². The summed E-state index contributed by atoms with van der Waals surface area (Å²) in [7, 11) is 4.57. The molecule has 1 aliphatic heterocycles. The highest BCUT2D eigenvalue weighted by atomic mass is 16.5. The number of piperidine rings is 1. The molecule has 0 unspecified atom stereocenters. The Hall–Kier alpha value is -2.44. The van der Waals surface area contributed by atoms with Crippen LogP contribution < -0.4 is 14.2 Å². The molecule has 0 aliphatic carbocycles. The van der Waals surface area contributed by atoms with Crippen molar-refractivity contribution in [3.8, 4) is 17.2 Å². The molecule has 1 fully saturated rings. The third kappa shape index (κ3) is 4.46. The van der Waals surface area contributed by atoms with E-state index in [1.54, 1.807) is 17.0 Å². The van der Waals surface area contributed by atoms with Gasteiger partial charge in [-0.3, -0.25) is 9.59 Å². The molecule has 0 saturated carbocycles. The summed E-state index contributed by atoms with van der Waals surface area (Å²) in [6.45, 7) is 6.55. The van der Waals surface area contributed by atoms with Gasteiger partial charge in [-0.25, -0.2) is 0 Å². The first-order valence-corrected chi connectivity index (χ1v) is 9.38. The van der Waals surface area contributed by atoms with Gasteiger partial charge in [0.25, 0.3) is 5.91 Å². The molecule has 2 amide bonds. The lowest BCUT2D eigenvalue weighted by Crippen LogP contribution is -2.44. The highest BCUT2D eigenvalue weighted by Gasteiger charge is 2.30. The predicted molar refractivity (Wildman–Crippen MR) is 103 cm³/mol. The van der Waals surface area contributed by atoms with Crippen molar-refractivity contribution in [2.24, 2.45) is 5.92 Å². The number of hydrogen-bond acceptors (Lipinski definition) is 5. The van der Waals surface area contributed by atoms with E-state index in [0.29, 0.717) is 48.7 Å². The van der Waals surface area contributed by atoms with Crippen molar-refractivity contribution in [3.05, 3.63) is 17.7 Å². The quantitative estimate of drug-likeness (QED) is 0.729. The second-order valence-corrected chi connectivity index (χ2v) is 6.49. The van der Waals surface area contributed by atoms with E-state index < -0.39 is 0 Å². The van der Waals surface area contributed by atoms with E-state index in [1.165, 1.54) is 21.3 Å². The van der Waals surface area contributed by atoms with Crippen molar-refractivity contribution in [1.29, 1.82) is 0 Å². The molecule has 0 N–H and O–H groups in total. The van der Waals surface area contributed by atoms with Gasteiger partial charge in [-0.05, 0) is 38.8 Å². The highest BCUT2D eigenvalue weighted by Crippen LogP contribution is 2.38. The molecule has 150 valence electrons. The third-order valence-corrected chi connectivity index (χ3v) is 5.12. The van der Waals surface area contributed by atoms with Crippen LogP contribution in [-0.4, -0.2) is 69.1 Å². The first kappa shape index (κ1) is 20.9. The van der Waals surface area contributed by atoms with Crippen molar-refractivity contribution >= 4 is 11.8 Å². The number of carbonyl (C=O) groups excluding carboxylic acids is 2. The van der Waals surface area contributed by atoms with Gasteiger partial charge in [0.2, 0.25) is 11.7 Å². The average Bonchev–Trinajstić information content (AvgIpc) is 2.72. The van der Waals surface area contributed by atoms with Crippen LogP contribution in [0, 0.1) is 5.92 Å². The van der Waals surface area contributed by atoms with Crippen molar-refractivity contribution in [1.82, 2.24) is 9.80 Å². The summed E-state index contributed by atoms with van der Waals surface area (Å²) in [5, 5.41) is 0. The SMILES string of the molecule is CCN(CC)C(=O)C1CCN(C(=O)c2cc(OC)c(OC)c(OC)c2)CC1. The number of methoxy groups -OCH3 is 3. The zero-order valence-corrected chi connectivity index (χ0v) is 16.9. The maximum absolute atomic E-state index is 12.9. The largest absolute Gasteiger partial charge is 0.493 e. The third-order valence-electron chi connectivity index (χ3n) is 5.12. The van der Waals surface area contributed by atoms with E-state index in [1.807, 2.05) is 18.7 Å². The lowest BCUT2D eigenvalue weighted by molar-refractivity contribution is -0.136. The van der Waals surface area contributed by atoms with Crippen LogP contribution in [-0.2, 0) is 4.79 Å². The van der Waals surface area contributed by atoms with Crippen LogP contribution in [0.3, 0.4) is 0 Å². The van der Waals surface area contributed by atoms with Gasteiger partial charge in [-0.2, -0.15) is 0 Å². The molecule has 1 saturated heterocycles. The van der Waals surface area contributed by atoms with Crippen molar-refractivity contribution < 1.29 is 23.8 Å². The molecule has 0 radical (unpaired) electrons. The first-order chi connectivity index (χ1) is 13.0. The fourth-order valence-corrected chi connectivity index (χ4v) is 3.51. The van der Waals surface area contributed by atoms with Gasteiger partial charge in [-0.15, -0.1) is 0 Å². The van der Waals surface area contributed by atoms with Crippen LogP contribution in [0.5, 0.6) is 17.2 Å². The van der Waals surface area contributed by atoms with Gasteiger partial charge in [-0.1, -0.05) is 0 Å². The van der Waals surface area contributed by atoms with E-state index in [4.69, 9.17) is 14.2 Å².